The average molecular weight is 594 g/mol. The molecule has 0 saturated carbocycles. The van der Waals surface area contributed by atoms with Crippen molar-refractivity contribution in [3.05, 3.63) is 105 Å². The van der Waals surface area contributed by atoms with Gasteiger partial charge in [0.2, 0.25) is 5.69 Å². The summed E-state index contributed by atoms with van der Waals surface area (Å²) in [4.78, 5) is 59.2. The molecule has 1 aromatic carbocycles. The molecule has 0 bridgehead atoms. The average Bonchev–Trinajstić information content (AvgIpc) is 3.36. The highest BCUT2D eigenvalue weighted by atomic mass is 35.5. The van der Waals surface area contributed by atoms with E-state index in [1.807, 2.05) is 0 Å². The molecular formula is C27H24ClN7O7. The van der Waals surface area contributed by atoms with Crippen LogP contribution in [0.1, 0.15) is 32.1 Å². The number of hydrogen-bond acceptors (Lipinski definition) is 9. The second-order valence-electron chi connectivity index (χ2n) is 8.92. The lowest BCUT2D eigenvalue weighted by Gasteiger charge is -2.29. The van der Waals surface area contributed by atoms with E-state index in [2.05, 4.69) is 20.4 Å². The topological polar surface area (TPSA) is 183 Å². The minimum atomic E-state index is -1.47. The molecule has 4 aromatic rings. The number of pyridine rings is 2. The molecule has 2 amide bonds. The number of aliphatic carboxylic acids is 1. The SMILES string of the molecule is COc1ccnc(NC(=O)c2ccc(CN(C(=O)c3c([N+](=O)[O-])cnn3C)[C@H](Cc3ccccn3)C(=O)O)cc2Cl)c1. The summed E-state index contributed by atoms with van der Waals surface area (Å²) in [7, 11) is 2.82. The number of halogens is 1. The number of benzene rings is 1. The van der Waals surface area contributed by atoms with Crippen LogP contribution in [0, 0.1) is 10.1 Å². The normalized spacial score (nSPS) is 11.4. The van der Waals surface area contributed by atoms with Gasteiger partial charge in [0, 0.05) is 44.2 Å². The number of ether oxygens (including phenoxy) is 1. The first-order valence-corrected chi connectivity index (χ1v) is 12.7. The number of aromatic nitrogens is 4. The van der Waals surface area contributed by atoms with E-state index in [0.717, 1.165) is 15.8 Å². The maximum absolute atomic E-state index is 13.8. The fourth-order valence-electron chi connectivity index (χ4n) is 4.14. The number of methoxy groups -OCH3 is 1. The van der Waals surface area contributed by atoms with Crippen molar-refractivity contribution >= 4 is 40.9 Å². The summed E-state index contributed by atoms with van der Waals surface area (Å²) in [5, 5.41) is 28.2. The lowest BCUT2D eigenvalue weighted by atomic mass is 10.1. The maximum Gasteiger partial charge on any atom is 0.326 e. The number of hydrogen-bond donors (Lipinski definition) is 2. The molecule has 0 fully saturated rings. The van der Waals surface area contributed by atoms with E-state index in [0.29, 0.717) is 17.0 Å². The summed E-state index contributed by atoms with van der Waals surface area (Å²) in [6, 6.07) is 10.9. The van der Waals surface area contributed by atoms with Crippen LogP contribution in [-0.2, 0) is 24.8 Å². The van der Waals surface area contributed by atoms with Crippen molar-refractivity contribution in [1.82, 2.24) is 24.6 Å². The van der Waals surface area contributed by atoms with Gasteiger partial charge in [-0.2, -0.15) is 5.10 Å². The smallest absolute Gasteiger partial charge is 0.326 e. The first-order chi connectivity index (χ1) is 20.1. The van der Waals surface area contributed by atoms with Crippen molar-refractivity contribution in [2.24, 2.45) is 7.05 Å². The number of nitro groups is 1. The highest BCUT2D eigenvalue weighted by Crippen LogP contribution is 2.26. The van der Waals surface area contributed by atoms with Crippen LogP contribution < -0.4 is 10.1 Å². The molecule has 0 spiro atoms. The number of carbonyl (C=O) groups excluding carboxylic acids is 2. The molecule has 0 unspecified atom stereocenters. The third kappa shape index (κ3) is 6.67. The number of nitrogens with one attached hydrogen (secondary N) is 1. The highest BCUT2D eigenvalue weighted by Gasteiger charge is 2.36. The molecule has 0 aliphatic heterocycles. The molecule has 0 aliphatic rings. The summed E-state index contributed by atoms with van der Waals surface area (Å²) < 4.78 is 6.14. The van der Waals surface area contributed by atoms with Crippen LogP contribution in [0.2, 0.25) is 5.02 Å². The van der Waals surface area contributed by atoms with Gasteiger partial charge in [0.1, 0.15) is 23.8 Å². The number of carbonyl (C=O) groups is 3. The molecular weight excluding hydrogens is 570 g/mol. The molecule has 3 aromatic heterocycles. The summed E-state index contributed by atoms with van der Waals surface area (Å²) >= 11 is 6.44. The second kappa shape index (κ2) is 12.9. The van der Waals surface area contributed by atoms with Crippen LogP contribution >= 0.6 is 11.6 Å². The monoisotopic (exact) mass is 593 g/mol. The van der Waals surface area contributed by atoms with E-state index in [1.165, 1.54) is 50.8 Å². The Balaban J connectivity index is 1.67. The molecule has 0 saturated heterocycles. The number of anilines is 1. The second-order valence-corrected chi connectivity index (χ2v) is 9.33. The van der Waals surface area contributed by atoms with Gasteiger partial charge >= 0.3 is 11.7 Å². The van der Waals surface area contributed by atoms with Crippen molar-refractivity contribution in [1.29, 1.82) is 0 Å². The van der Waals surface area contributed by atoms with Crippen LogP contribution in [0.25, 0.3) is 0 Å². The van der Waals surface area contributed by atoms with Crippen LogP contribution in [0.15, 0.2) is 67.1 Å². The fourth-order valence-corrected chi connectivity index (χ4v) is 4.43. The molecule has 42 heavy (non-hydrogen) atoms. The van der Waals surface area contributed by atoms with Gasteiger partial charge in [-0.05, 0) is 35.9 Å². The zero-order chi connectivity index (χ0) is 30.4. The lowest BCUT2D eigenvalue weighted by molar-refractivity contribution is -0.385. The third-order valence-corrected chi connectivity index (χ3v) is 6.52. The predicted octanol–water partition coefficient (Wildman–Crippen LogP) is 3.37. The Morgan fingerprint density at radius 2 is 1.95 bits per heavy atom. The number of aryl methyl sites for hydroxylation is 1. The zero-order valence-corrected chi connectivity index (χ0v) is 23.1. The van der Waals surface area contributed by atoms with Gasteiger partial charge in [-0.15, -0.1) is 0 Å². The summed E-state index contributed by atoms with van der Waals surface area (Å²) in [6.45, 7) is -0.315. The molecule has 15 heteroatoms. The van der Waals surface area contributed by atoms with Gasteiger partial charge in [0.15, 0.2) is 0 Å². The van der Waals surface area contributed by atoms with Gasteiger partial charge in [0.05, 0.1) is 22.6 Å². The van der Waals surface area contributed by atoms with Crippen molar-refractivity contribution in [3.63, 3.8) is 0 Å². The molecule has 14 nitrogen and oxygen atoms in total. The highest BCUT2D eigenvalue weighted by molar-refractivity contribution is 6.34. The zero-order valence-electron chi connectivity index (χ0n) is 22.3. The van der Waals surface area contributed by atoms with Crippen molar-refractivity contribution in [2.75, 3.05) is 12.4 Å². The van der Waals surface area contributed by atoms with Crippen molar-refractivity contribution in [2.45, 2.75) is 19.0 Å². The number of rotatable bonds is 11. The fraction of sp³-hybridized carbons (Fsp3) is 0.185. The molecule has 3 heterocycles. The van der Waals surface area contributed by atoms with Crippen LogP contribution in [0.5, 0.6) is 5.75 Å². The van der Waals surface area contributed by atoms with E-state index in [-0.39, 0.29) is 29.4 Å². The van der Waals surface area contributed by atoms with E-state index in [9.17, 15) is 29.6 Å². The van der Waals surface area contributed by atoms with Crippen LogP contribution in [-0.4, -0.2) is 65.6 Å². The van der Waals surface area contributed by atoms with Crippen LogP contribution in [0.4, 0.5) is 11.5 Å². The Labute approximate surface area is 243 Å². The number of carboxylic acids is 1. The summed E-state index contributed by atoms with van der Waals surface area (Å²) in [5.41, 5.74) is -0.140. The number of nitrogens with zero attached hydrogens (tertiary/aromatic N) is 6. The quantitative estimate of drug-likeness (QED) is 0.193. The van der Waals surface area contributed by atoms with Gasteiger partial charge in [0.25, 0.3) is 11.8 Å². The lowest BCUT2D eigenvalue weighted by Crippen LogP contribution is -2.46. The Morgan fingerprint density at radius 1 is 1.17 bits per heavy atom. The Hall–Kier alpha value is -5.37. The molecule has 2 N–H and O–H groups in total. The van der Waals surface area contributed by atoms with E-state index in [1.54, 1.807) is 24.3 Å². The van der Waals surface area contributed by atoms with E-state index < -0.39 is 40.1 Å². The van der Waals surface area contributed by atoms with Gasteiger partial charge in [-0.1, -0.05) is 23.7 Å². The largest absolute Gasteiger partial charge is 0.497 e. The number of carboxylic acid groups (broad SMARTS) is 1. The summed E-state index contributed by atoms with van der Waals surface area (Å²) in [6.07, 6.45) is 3.68. The molecule has 0 radical (unpaired) electrons. The Bertz CT molecular complexity index is 1650. The molecule has 216 valence electrons. The molecule has 1 atom stereocenters. The third-order valence-electron chi connectivity index (χ3n) is 6.21. The number of amides is 2. The first kappa shape index (κ1) is 29.6. The molecule has 0 aliphatic carbocycles. The standard InChI is InChI=1S/C27H24ClN7O7/c1-33-24(22(14-31-33)35(40)41)26(37)34(21(27(38)39)12-17-5-3-4-9-29-17)15-16-6-7-19(20(28)11-16)25(36)32-23-13-18(42-2)8-10-30-23/h3-11,13-14,21H,12,15H2,1-2H3,(H,38,39)(H,30,32,36)/t21-/m1/s1. The first-order valence-electron chi connectivity index (χ1n) is 12.3. The predicted molar refractivity (Wildman–Crippen MR) is 149 cm³/mol. The van der Waals surface area contributed by atoms with Gasteiger partial charge < -0.3 is 20.1 Å². The van der Waals surface area contributed by atoms with E-state index in [4.69, 9.17) is 16.3 Å². The molecule has 4 rings (SSSR count). The Morgan fingerprint density at radius 3 is 2.60 bits per heavy atom. The maximum atomic E-state index is 13.8. The van der Waals surface area contributed by atoms with Crippen LogP contribution in [0.3, 0.4) is 0 Å². The minimum Gasteiger partial charge on any atom is -0.497 e. The van der Waals surface area contributed by atoms with Crippen molar-refractivity contribution < 1.29 is 29.2 Å². The van der Waals surface area contributed by atoms with Crippen molar-refractivity contribution in [3.8, 4) is 5.75 Å². The van der Waals surface area contributed by atoms with Gasteiger partial charge in [-0.3, -0.25) is 29.4 Å². The van der Waals surface area contributed by atoms with Gasteiger partial charge in [-0.25, -0.2) is 9.78 Å². The minimum absolute atomic E-state index is 0.0170. The Kier molecular flexibility index (Phi) is 9.07. The summed E-state index contributed by atoms with van der Waals surface area (Å²) in [5.74, 6) is -2.14. The van der Waals surface area contributed by atoms with E-state index >= 15 is 0 Å².